The van der Waals surface area contributed by atoms with Crippen LogP contribution in [0.15, 0.2) is 12.1 Å². The minimum Gasteiger partial charge on any atom is -0.493 e. The van der Waals surface area contributed by atoms with Crippen molar-refractivity contribution in [3.05, 3.63) is 23.3 Å². The molecule has 0 spiro atoms. The number of nitrogens with one attached hydrogen (secondary N) is 1. The van der Waals surface area contributed by atoms with Crippen LogP contribution in [0.4, 0.5) is 0 Å². The molecule has 2 aliphatic heterocycles. The van der Waals surface area contributed by atoms with E-state index in [4.69, 9.17) is 9.47 Å². The zero-order chi connectivity index (χ0) is 19.1. The van der Waals surface area contributed by atoms with Crippen LogP contribution in [0.1, 0.15) is 54.9 Å². The summed E-state index contributed by atoms with van der Waals surface area (Å²) >= 11 is 1.64. The standard InChI is InChI=1S/C19H26N2O4S/c1-6-7-10-20-16(22)15-19(2,3)26-18-11-8-9-12(24-4)14(25-5)13(11)17(23)21(15)18/h8-9,15,18H,6-7,10H2,1-5H3,(H,20,22)/t15-,18?/m1/s1. The Balaban J connectivity index is 1.98. The van der Waals surface area contributed by atoms with Gasteiger partial charge in [-0.05, 0) is 26.3 Å². The smallest absolute Gasteiger partial charge is 0.260 e. The molecule has 142 valence electrons. The predicted molar refractivity (Wildman–Crippen MR) is 102 cm³/mol. The SMILES string of the molecule is CCCCNC(=O)[C@H]1N2C(=O)c3c(ccc(OC)c3OC)C2SC1(C)C. The van der Waals surface area contributed by atoms with Crippen LogP contribution in [0.3, 0.4) is 0 Å². The lowest BCUT2D eigenvalue weighted by Gasteiger charge is -2.29. The number of nitrogens with zero attached hydrogens (tertiary/aromatic N) is 1. The zero-order valence-corrected chi connectivity index (χ0v) is 16.7. The molecule has 2 heterocycles. The lowest BCUT2D eigenvalue weighted by Crippen LogP contribution is -2.52. The average Bonchev–Trinajstić information content (AvgIpc) is 3.04. The van der Waals surface area contributed by atoms with Crippen LogP contribution in [-0.2, 0) is 4.79 Å². The first-order chi connectivity index (χ1) is 12.4. The number of amides is 2. The molecule has 2 amide bonds. The molecule has 1 saturated heterocycles. The number of fused-ring (bicyclic) bond motifs is 3. The second-order valence-corrected chi connectivity index (χ2v) is 8.83. The predicted octanol–water partition coefficient (Wildman–Crippen LogP) is 2.97. The quantitative estimate of drug-likeness (QED) is 0.771. The van der Waals surface area contributed by atoms with Crippen LogP contribution < -0.4 is 14.8 Å². The Hall–Kier alpha value is -1.89. The minimum absolute atomic E-state index is 0.0921. The monoisotopic (exact) mass is 378 g/mol. The Kier molecular flexibility index (Phi) is 5.10. The van der Waals surface area contributed by atoms with Crippen molar-refractivity contribution >= 4 is 23.6 Å². The van der Waals surface area contributed by atoms with Crippen molar-refractivity contribution < 1.29 is 19.1 Å². The third-order valence-corrected chi connectivity index (χ3v) is 6.51. The summed E-state index contributed by atoms with van der Waals surface area (Å²) in [5.74, 6) is 0.696. The van der Waals surface area contributed by atoms with Crippen LogP contribution in [0.25, 0.3) is 0 Å². The van der Waals surface area contributed by atoms with Crippen molar-refractivity contribution in [2.75, 3.05) is 20.8 Å². The van der Waals surface area contributed by atoms with Gasteiger partial charge in [0.05, 0.1) is 19.8 Å². The Morgan fingerprint density at radius 1 is 1.31 bits per heavy atom. The van der Waals surface area contributed by atoms with Gasteiger partial charge in [0.25, 0.3) is 5.91 Å². The second-order valence-electron chi connectivity index (χ2n) is 7.10. The Morgan fingerprint density at radius 2 is 2.04 bits per heavy atom. The maximum absolute atomic E-state index is 13.3. The van der Waals surface area contributed by atoms with Crippen molar-refractivity contribution in [3.63, 3.8) is 0 Å². The number of benzene rings is 1. The molecule has 3 rings (SSSR count). The Labute approximate surface area is 158 Å². The molecule has 2 aliphatic rings. The fraction of sp³-hybridized carbons (Fsp3) is 0.579. The topological polar surface area (TPSA) is 67.9 Å². The molecule has 0 aliphatic carbocycles. The van der Waals surface area contributed by atoms with Crippen LogP contribution in [0.2, 0.25) is 0 Å². The van der Waals surface area contributed by atoms with E-state index in [1.165, 1.54) is 7.11 Å². The first kappa shape index (κ1) is 18.9. The lowest BCUT2D eigenvalue weighted by atomic mass is 10.0. The van der Waals surface area contributed by atoms with E-state index in [-0.39, 0.29) is 21.9 Å². The van der Waals surface area contributed by atoms with Gasteiger partial charge >= 0.3 is 0 Å². The minimum atomic E-state index is -0.523. The number of carbonyl (C=O) groups excluding carboxylic acids is 2. The molecule has 2 atom stereocenters. The number of unbranched alkanes of at least 4 members (excludes halogenated alkanes) is 1. The largest absolute Gasteiger partial charge is 0.493 e. The van der Waals surface area contributed by atoms with Crippen molar-refractivity contribution in [2.45, 2.75) is 49.8 Å². The van der Waals surface area contributed by atoms with Gasteiger partial charge in [0, 0.05) is 16.9 Å². The van der Waals surface area contributed by atoms with Gasteiger partial charge in [-0.15, -0.1) is 11.8 Å². The van der Waals surface area contributed by atoms with Crippen LogP contribution in [0, 0.1) is 0 Å². The molecule has 1 aromatic carbocycles. The average molecular weight is 378 g/mol. The summed E-state index contributed by atoms with van der Waals surface area (Å²) in [6, 6.07) is 3.20. The number of thioether (sulfide) groups is 1. The summed E-state index contributed by atoms with van der Waals surface area (Å²) < 4.78 is 10.4. The highest BCUT2D eigenvalue weighted by atomic mass is 32.2. The molecule has 0 aromatic heterocycles. The number of methoxy groups -OCH3 is 2. The van der Waals surface area contributed by atoms with Crippen LogP contribution >= 0.6 is 11.8 Å². The number of hydrogen-bond acceptors (Lipinski definition) is 5. The molecule has 1 aromatic rings. The normalized spacial score (nSPS) is 22.8. The summed E-state index contributed by atoms with van der Waals surface area (Å²) in [6.07, 6.45) is 1.94. The maximum atomic E-state index is 13.3. The van der Waals surface area contributed by atoms with E-state index in [1.54, 1.807) is 23.8 Å². The molecule has 1 N–H and O–H groups in total. The van der Waals surface area contributed by atoms with Gasteiger partial charge in [-0.1, -0.05) is 19.4 Å². The van der Waals surface area contributed by atoms with Gasteiger partial charge < -0.3 is 19.7 Å². The van der Waals surface area contributed by atoms with E-state index in [2.05, 4.69) is 12.2 Å². The van der Waals surface area contributed by atoms with E-state index in [0.29, 0.717) is 23.6 Å². The summed E-state index contributed by atoms with van der Waals surface area (Å²) in [5.41, 5.74) is 1.39. The zero-order valence-electron chi connectivity index (χ0n) is 15.9. The first-order valence-corrected chi connectivity index (χ1v) is 9.78. The van der Waals surface area contributed by atoms with Gasteiger partial charge in [-0.2, -0.15) is 0 Å². The van der Waals surface area contributed by atoms with E-state index in [0.717, 1.165) is 18.4 Å². The fourth-order valence-corrected chi connectivity index (χ4v) is 5.32. The number of rotatable bonds is 6. The van der Waals surface area contributed by atoms with Crippen molar-refractivity contribution in [1.29, 1.82) is 0 Å². The van der Waals surface area contributed by atoms with Gasteiger partial charge in [-0.25, -0.2) is 0 Å². The third-order valence-electron chi connectivity index (χ3n) is 4.97. The van der Waals surface area contributed by atoms with Crippen LogP contribution in [0.5, 0.6) is 11.5 Å². The molecule has 1 fully saturated rings. The molecule has 0 bridgehead atoms. The molecule has 7 heteroatoms. The summed E-state index contributed by atoms with van der Waals surface area (Å²) in [4.78, 5) is 27.8. The molecular weight excluding hydrogens is 352 g/mol. The molecule has 0 saturated carbocycles. The summed E-state index contributed by atoms with van der Waals surface area (Å²) in [5, 5.41) is 2.80. The van der Waals surface area contributed by atoms with Gasteiger partial charge in [-0.3, -0.25) is 9.59 Å². The van der Waals surface area contributed by atoms with Crippen molar-refractivity contribution in [2.24, 2.45) is 0 Å². The van der Waals surface area contributed by atoms with Gasteiger partial charge in [0.2, 0.25) is 5.91 Å². The van der Waals surface area contributed by atoms with E-state index < -0.39 is 6.04 Å². The van der Waals surface area contributed by atoms with E-state index >= 15 is 0 Å². The molecule has 0 radical (unpaired) electrons. The number of carbonyl (C=O) groups is 2. The van der Waals surface area contributed by atoms with Crippen molar-refractivity contribution in [1.82, 2.24) is 10.2 Å². The highest BCUT2D eigenvalue weighted by molar-refractivity contribution is 8.01. The highest BCUT2D eigenvalue weighted by Gasteiger charge is 2.58. The van der Waals surface area contributed by atoms with E-state index in [1.807, 2.05) is 26.0 Å². The van der Waals surface area contributed by atoms with Gasteiger partial charge in [0.1, 0.15) is 11.4 Å². The maximum Gasteiger partial charge on any atom is 0.260 e. The number of hydrogen-bond donors (Lipinski definition) is 1. The summed E-state index contributed by atoms with van der Waals surface area (Å²) in [7, 11) is 3.08. The molecule has 6 nitrogen and oxygen atoms in total. The highest BCUT2D eigenvalue weighted by Crippen LogP contribution is 2.58. The van der Waals surface area contributed by atoms with Crippen molar-refractivity contribution in [3.8, 4) is 11.5 Å². The first-order valence-electron chi connectivity index (χ1n) is 8.90. The molecular formula is C19H26N2O4S. The molecule has 1 unspecified atom stereocenters. The Morgan fingerprint density at radius 3 is 2.65 bits per heavy atom. The Bertz CT molecular complexity index is 734. The number of ether oxygens (including phenoxy) is 2. The van der Waals surface area contributed by atoms with E-state index in [9.17, 15) is 9.59 Å². The summed E-state index contributed by atoms with van der Waals surface area (Å²) in [6.45, 7) is 6.75. The van der Waals surface area contributed by atoms with Crippen LogP contribution in [-0.4, -0.2) is 48.3 Å². The van der Waals surface area contributed by atoms with Gasteiger partial charge in [0.15, 0.2) is 11.5 Å². The second kappa shape index (κ2) is 7.02. The molecule has 26 heavy (non-hydrogen) atoms. The third kappa shape index (κ3) is 2.82. The lowest BCUT2D eigenvalue weighted by molar-refractivity contribution is -0.126. The fourth-order valence-electron chi connectivity index (χ4n) is 3.74.